The fourth-order valence-electron chi connectivity index (χ4n) is 2.91. The SMILES string of the molecule is CCOC(=O)c1cc2n(c1-c1ccccc1)CCCC2. The maximum atomic E-state index is 12.2. The molecule has 1 aromatic heterocycles. The van der Waals surface area contributed by atoms with Crippen LogP contribution in [0.4, 0.5) is 0 Å². The van der Waals surface area contributed by atoms with Gasteiger partial charge in [-0.2, -0.15) is 0 Å². The van der Waals surface area contributed by atoms with Crippen LogP contribution in [0.15, 0.2) is 36.4 Å². The van der Waals surface area contributed by atoms with Crippen LogP contribution in [0.3, 0.4) is 0 Å². The number of benzene rings is 1. The number of hydrogen-bond donors (Lipinski definition) is 0. The van der Waals surface area contributed by atoms with Gasteiger partial charge in [-0.1, -0.05) is 30.3 Å². The van der Waals surface area contributed by atoms with Gasteiger partial charge in [-0.05, 0) is 37.8 Å². The van der Waals surface area contributed by atoms with Crippen molar-refractivity contribution >= 4 is 5.97 Å². The van der Waals surface area contributed by atoms with Crippen molar-refractivity contribution in [2.45, 2.75) is 32.7 Å². The van der Waals surface area contributed by atoms with Crippen LogP contribution in [0, 0.1) is 0 Å². The molecule has 0 saturated carbocycles. The number of rotatable bonds is 3. The molecule has 0 amide bonds. The van der Waals surface area contributed by atoms with Gasteiger partial charge in [-0.15, -0.1) is 0 Å². The van der Waals surface area contributed by atoms with E-state index in [-0.39, 0.29) is 5.97 Å². The average molecular weight is 269 g/mol. The summed E-state index contributed by atoms with van der Waals surface area (Å²) in [5, 5.41) is 0. The number of fused-ring (bicyclic) bond motifs is 1. The van der Waals surface area contributed by atoms with Crippen molar-refractivity contribution in [3.8, 4) is 11.3 Å². The zero-order valence-electron chi connectivity index (χ0n) is 11.8. The highest BCUT2D eigenvalue weighted by atomic mass is 16.5. The average Bonchev–Trinajstić information content (AvgIpc) is 2.88. The lowest BCUT2D eigenvalue weighted by Crippen LogP contribution is -2.11. The third-order valence-corrected chi connectivity index (χ3v) is 3.79. The standard InChI is InChI=1S/C17H19NO2/c1-2-20-17(19)15-12-14-10-6-7-11-18(14)16(15)13-8-4-3-5-9-13/h3-5,8-9,12H,2,6-7,10-11H2,1H3. The van der Waals surface area contributed by atoms with Crippen molar-refractivity contribution in [3.05, 3.63) is 47.7 Å². The van der Waals surface area contributed by atoms with E-state index < -0.39 is 0 Å². The van der Waals surface area contributed by atoms with E-state index in [9.17, 15) is 4.79 Å². The summed E-state index contributed by atoms with van der Waals surface area (Å²) in [6.45, 7) is 3.24. The van der Waals surface area contributed by atoms with Gasteiger partial charge in [-0.3, -0.25) is 0 Å². The van der Waals surface area contributed by atoms with Crippen LogP contribution in [0.5, 0.6) is 0 Å². The summed E-state index contributed by atoms with van der Waals surface area (Å²) < 4.78 is 7.50. The molecule has 0 bridgehead atoms. The molecule has 1 aromatic carbocycles. The Balaban J connectivity index is 2.14. The summed E-state index contributed by atoms with van der Waals surface area (Å²) in [4.78, 5) is 12.2. The molecular formula is C17H19NO2. The van der Waals surface area contributed by atoms with Crippen LogP contribution in [0.25, 0.3) is 11.3 Å². The van der Waals surface area contributed by atoms with Crippen LogP contribution in [-0.4, -0.2) is 17.1 Å². The van der Waals surface area contributed by atoms with Gasteiger partial charge in [0.15, 0.2) is 0 Å². The number of nitrogens with zero attached hydrogens (tertiary/aromatic N) is 1. The topological polar surface area (TPSA) is 31.2 Å². The fourth-order valence-corrected chi connectivity index (χ4v) is 2.91. The molecule has 3 heteroatoms. The van der Waals surface area contributed by atoms with Crippen molar-refractivity contribution in [1.29, 1.82) is 0 Å². The third kappa shape index (κ3) is 2.24. The number of esters is 1. The van der Waals surface area contributed by atoms with E-state index in [1.54, 1.807) is 0 Å². The Morgan fingerprint density at radius 3 is 2.80 bits per heavy atom. The molecule has 0 atom stereocenters. The minimum absolute atomic E-state index is 0.215. The van der Waals surface area contributed by atoms with E-state index in [0.717, 1.165) is 24.2 Å². The number of carbonyl (C=O) groups is 1. The van der Waals surface area contributed by atoms with Crippen molar-refractivity contribution < 1.29 is 9.53 Å². The van der Waals surface area contributed by atoms with Crippen LogP contribution >= 0.6 is 0 Å². The summed E-state index contributed by atoms with van der Waals surface area (Å²) in [5.74, 6) is -0.215. The lowest BCUT2D eigenvalue weighted by molar-refractivity contribution is 0.0527. The minimum Gasteiger partial charge on any atom is -0.462 e. The van der Waals surface area contributed by atoms with E-state index in [1.807, 2.05) is 31.2 Å². The first kappa shape index (κ1) is 13.0. The zero-order chi connectivity index (χ0) is 13.9. The van der Waals surface area contributed by atoms with Crippen LogP contribution in [-0.2, 0) is 17.7 Å². The second-order valence-electron chi connectivity index (χ2n) is 5.09. The number of carbonyl (C=O) groups excluding carboxylic acids is 1. The molecule has 2 aromatic rings. The van der Waals surface area contributed by atoms with Gasteiger partial charge in [0.25, 0.3) is 0 Å². The molecule has 0 aliphatic carbocycles. The minimum atomic E-state index is -0.215. The number of aryl methyl sites for hydroxylation is 1. The molecule has 0 radical (unpaired) electrons. The summed E-state index contributed by atoms with van der Waals surface area (Å²) >= 11 is 0. The van der Waals surface area contributed by atoms with Crippen molar-refractivity contribution in [2.75, 3.05) is 6.61 Å². The van der Waals surface area contributed by atoms with Crippen LogP contribution in [0.1, 0.15) is 35.8 Å². The van der Waals surface area contributed by atoms with E-state index >= 15 is 0 Å². The van der Waals surface area contributed by atoms with Gasteiger partial charge >= 0.3 is 5.97 Å². The molecule has 0 saturated heterocycles. The summed E-state index contributed by atoms with van der Waals surface area (Å²) in [6.07, 6.45) is 3.41. The number of hydrogen-bond acceptors (Lipinski definition) is 2. The largest absolute Gasteiger partial charge is 0.462 e. The van der Waals surface area contributed by atoms with Gasteiger partial charge in [0.05, 0.1) is 17.9 Å². The highest BCUT2D eigenvalue weighted by Gasteiger charge is 2.23. The van der Waals surface area contributed by atoms with Crippen molar-refractivity contribution in [1.82, 2.24) is 4.57 Å². The third-order valence-electron chi connectivity index (χ3n) is 3.79. The molecule has 3 rings (SSSR count). The molecule has 0 N–H and O–H groups in total. The van der Waals surface area contributed by atoms with E-state index in [0.29, 0.717) is 12.2 Å². The second kappa shape index (κ2) is 5.53. The summed E-state index contributed by atoms with van der Waals surface area (Å²) in [6, 6.07) is 12.1. The molecule has 20 heavy (non-hydrogen) atoms. The van der Waals surface area contributed by atoms with Gasteiger partial charge in [-0.25, -0.2) is 4.79 Å². The molecule has 2 heterocycles. The molecule has 1 aliphatic rings. The Morgan fingerprint density at radius 2 is 2.05 bits per heavy atom. The van der Waals surface area contributed by atoms with Gasteiger partial charge in [0.1, 0.15) is 0 Å². The second-order valence-corrected chi connectivity index (χ2v) is 5.09. The van der Waals surface area contributed by atoms with E-state index in [1.165, 1.54) is 18.5 Å². The number of aromatic nitrogens is 1. The highest BCUT2D eigenvalue weighted by Crippen LogP contribution is 2.31. The monoisotopic (exact) mass is 269 g/mol. The molecule has 0 fully saturated rings. The van der Waals surface area contributed by atoms with E-state index in [4.69, 9.17) is 4.74 Å². The lowest BCUT2D eigenvalue weighted by atomic mass is 10.1. The van der Waals surface area contributed by atoms with Crippen molar-refractivity contribution in [2.24, 2.45) is 0 Å². The molecular weight excluding hydrogens is 250 g/mol. The Hall–Kier alpha value is -2.03. The first-order valence-corrected chi connectivity index (χ1v) is 7.26. The molecule has 0 spiro atoms. The fraction of sp³-hybridized carbons (Fsp3) is 0.353. The van der Waals surface area contributed by atoms with Crippen LogP contribution in [0.2, 0.25) is 0 Å². The van der Waals surface area contributed by atoms with Crippen molar-refractivity contribution in [3.63, 3.8) is 0 Å². The first-order chi connectivity index (χ1) is 9.81. The Kier molecular flexibility index (Phi) is 3.59. The lowest BCUT2D eigenvalue weighted by Gasteiger charge is -2.18. The van der Waals surface area contributed by atoms with Gasteiger partial charge in [0.2, 0.25) is 0 Å². The predicted octanol–water partition coefficient (Wildman–Crippen LogP) is 3.67. The molecule has 3 nitrogen and oxygen atoms in total. The maximum absolute atomic E-state index is 12.2. The molecule has 104 valence electrons. The quantitative estimate of drug-likeness (QED) is 0.796. The van der Waals surface area contributed by atoms with Crippen LogP contribution < -0.4 is 0 Å². The summed E-state index contributed by atoms with van der Waals surface area (Å²) in [5.41, 5.74) is 4.05. The highest BCUT2D eigenvalue weighted by molar-refractivity contribution is 5.97. The Bertz CT molecular complexity index is 613. The first-order valence-electron chi connectivity index (χ1n) is 7.26. The molecule has 0 unspecified atom stereocenters. The van der Waals surface area contributed by atoms with Gasteiger partial charge < -0.3 is 9.30 Å². The Labute approximate surface area is 119 Å². The number of ether oxygens (including phenoxy) is 1. The van der Waals surface area contributed by atoms with E-state index in [2.05, 4.69) is 16.7 Å². The maximum Gasteiger partial charge on any atom is 0.340 e. The van der Waals surface area contributed by atoms with Gasteiger partial charge in [0, 0.05) is 12.2 Å². The zero-order valence-corrected chi connectivity index (χ0v) is 11.8. The Morgan fingerprint density at radius 1 is 1.25 bits per heavy atom. The summed E-state index contributed by atoms with van der Waals surface area (Å²) in [7, 11) is 0. The normalized spacial score (nSPS) is 13.8. The predicted molar refractivity (Wildman–Crippen MR) is 78.8 cm³/mol. The smallest absolute Gasteiger partial charge is 0.340 e. The molecule has 1 aliphatic heterocycles.